The molecule has 1 fully saturated rings. The Bertz CT molecular complexity index is 964. The van der Waals surface area contributed by atoms with E-state index in [1.165, 1.54) is 0 Å². The number of aromatic nitrogens is 2. The first-order valence-electron chi connectivity index (χ1n) is 9.60. The van der Waals surface area contributed by atoms with Gasteiger partial charge in [0.15, 0.2) is 0 Å². The number of nitrogens with zero attached hydrogens (tertiary/aromatic N) is 3. The third-order valence-electron chi connectivity index (χ3n) is 5.17. The van der Waals surface area contributed by atoms with Crippen molar-refractivity contribution >= 4 is 5.91 Å². The number of rotatable bonds is 5. The molecule has 1 atom stereocenters. The lowest BCUT2D eigenvalue weighted by Gasteiger charge is -2.31. The number of methoxy groups -OCH3 is 2. The Labute approximate surface area is 169 Å². The number of carbonyl (C=O) groups is 1. The van der Waals surface area contributed by atoms with Crippen LogP contribution in [0.2, 0.25) is 0 Å². The minimum Gasteiger partial charge on any atom is -0.496 e. The second kappa shape index (κ2) is 8.34. The van der Waals surface area contributed by atoms with Crippen LogP contribution in [0.25, 0.3) is 11.4 Å². The molecule has 2 heterocycles. The number of ether oxygens (including phenoxy) is 2. The summed E-state index contributed by atoms with van der Waals surface area (Å²) in [4.78, 5) is 19.6. The highest BCUT2D eigenvalue weighted by Gasteiger charge is 2.31. The first-order valence-corrected chi connectivity index (χ1v) is 9.60. The number of benzene rings is 2. The van der Waals surface area contributed by atoms with Gasteiger partial charge in [-0.3, -0.25) is 4.79 Å². The van der Waals surface area contributed by atoms with Crippen molar-refractivity contribution in [2.24, 2.45) is 0 Å². The lowest BCUT2D eigenvalue weighted by molar-refractivity contribution is 0.0688. The summed E-state index contributed by atoms with van der Waals surface area (Å²) in [7, 11) is 3.10. The molecule has 29 heavy (non-hydrogen) atoms. The molecule has 0 radical (unpaired) electrons. The molecule has 7 heteroatoms. The van der Waals surface area contributed by atoms with Gasteiger partial charge >= 0.3 is 0 Å². The smallest absolute Gasteiger partial charge is 0.261 e. The summed E-state index contributed by atoms with van der Waals surface area (Å²) in [5.41, 5.74) is 1.35. The Hall–Kier alpha value is -3.35. The highest BCUT2D eigenvalue weighted by atomic mass is 16.5. The van der Waals surface area contributed by atoms with Gasteiger partial charge in [-0.1, -0.05) is 41.6 Å². The molecule has 0 N–H and O–H groups in total. The Morgan fingerprint density at radius 1 is 1.07 bits per heavy atom. The average molecular weight is 393 g/mol. The summed E-state index contributed by atoms with van der Waals surface area (Å²) in [6, 6.07) is 15.0. The van der Waals surface area contributed by atoms with Crippen molar-refractivity contribution in [2.45, 2.75) is 18.8 Å². The number of piperidine rings is 1. The summed E-state index contributed by atoms with van der Waals surface area (Å²) >= 11 is 0. The lowest BCUT2D eigenvalue weighted by Crippen LogP contribution is -2.39. The van der Waals surface area contributed by atoms with Crippen molar-refractivity contribution in [1.29, 1.82) is 0 Å². The first-order chi connectivity index (χ1) is 14.2. The third kappa shape index (κ3) is 3.81. The van der Waals surface area contributed by atoms with E-state index in [1.54, 1.807) is 37.3 Å². The molecular formula is C22H23N3O4. The number of likely N-dealkylation sites (tertiary alicyclic amines) is 1. The van der Waals surface area contributed by atoms with Gasteiger partial charge in [-0.2, -0.15) is 4.98 Å². The van der Waals surface area contributed by atoms with Crippen LogP contribution in [-0.2, 0) is 0 Å². The van der Waals surface area contributed by atoms with Crippen molar-refractivity contribution in [2.75, 3.05) is 27.3 Å². The van der Waals surface area contributed by atoms with Crippen molar-refractivity contribution in [3.05, 3.63) is 60.0 Å². The molecule has 0 aliphatic carbocycles. The topological polar surface area (TPSA) is 77.7 Å². The van der Waals surface area contributed by atoms with Gasteiger partial charge in [0.25, 0.3) is 5.91 Å². The fourth-order valence-corrected chi connectivity index (χ4v) is 3.69. The van der Waals surface area contributed by atoms with Crippen LogP contribution in [0.3, 0.4) is 0 Å². The molecule has 0 spiro atoms. The Balaban J connectivity index is 1.55. The van der Waals surface area contributed by atoms with E-state index in [2.05, 4.69) is 10.1 Å². The molecule has 1 aromatic heterocycles. The van der Waals surface area contributed by atoms with Gasteiger partial charge in [-0.25, -0.2) is 0 Å². The van der Waals surface area contributed by atoms with Gasteiger partial charge in [0, 0.05) is 18.7 Å². The normalized spacial score (nSPS) is 16.5. The van der Waals surface area contributed by atoms with Crippen LogP contribution in [0, 0.1) is 0 Å². The van der Waals surface area contributed by atoms with Crippen LogP contribution in [-0.4, -0.2) is 48.3 Å². The second-order valence-corrected chi connectivity index (χ2v) is 6.95. The zero-order valence-electron chi connectivity index (χ0n) is 16.5. The fraction of sp³-hybridized carbons (Fsp3) is 0.318. The predicted molar refractivity (Wildman–Crippen MR) is 107 cm³/mol. The van der Waals surface area contributed by atoms with Crippen LogP contribution in [0.5, 0.6) is 11.5 Å². The van der Waals surface area contributed by atoms with Crippen molar-refractivity contribution in [3.63, 3.8) is 0 Å². The molecule has 7 nitrogen and oxygen atoms in total. The van der Waals surface area contributed by atoms with Crippen molar-refractivity contribution in [1.82, 2.24) is 15.0 Å². The van der Waals surface area contributed by atoms with Crippen molar-refractivity contribution in [3.8, 4) is 22.9 Å². The minimum absolute atomic E-state index is 0.00151. The monoisotopic (exact) mass is 393 g/mol. The van der Waals surface area contributed by atoms with Crippen LogP contribution in [0.15, 0.2) is 53.1 Å². The SMILES string of the molecule is COc1cccc(OC)c1C(=O)N1CCCC(c2nc(-c3ccccc3)no2)C1. The molecule has 4 rings (SSSR count). The Morgan fingerprint density at radius 2 is 1.79 bits per heavy atom. The number of carbonyl (C=O) groups excluding carboxylic acids is 1. The fourth-order valence-electron chi connectivity index (χ4n) is 3.69. The molecule has 0 saturated carbocycles. The van der Waals surface area contributed by atoms with E-state index in [0.717, 1.165) is 18.4 Å². The molecule has 150 valence electrons. The Morgan fingerprint density at radius 3 is 2.48 bits per heavy atom. The van der Waals surface area contributed by atoms with Gasteiger partial charge in [0.2, 0.25) is 11.7 Å². The largest absolute Gasteiger partial charge is 0.496 e. The lowest BCUT2D eigenvalue weighted by atomic mass is 9.97. The van der Waals surface area contributed by atoms with Crippen LogP contribution in [0.4, 0.5) is 0 Å². The van der Waals surface area contributed by atoms with Crippen LogP contribution in [0.1, 0.15) is 35.0 Å². The highest BCUT2D eigenvalue weighted by molar-refractivity contribution is 5.99. The molecule has 2 aromatic carbocycles. The van der Waals surface area contributed by atoms with Gasteiger partial charge < -0.3 is 18.9 Å². The maximum atomic E-state index is 13.3. The quantitative estimate of drug-likeness (QED) is 0.657. The second-order valence-electron chi connectivity index (χ2n) is 6.95. The molecule has 1 aliphatic rings. The van der Waals surface area contributed by atoms with Crippen molar-refractivity contribution < 1.29 is 18.8 Å². The van der Waals surface area contributed by atoms with E-state index in [-0.39, 0.29) is 11.8 Å². The maximum absolute atomic E-state index is 13.3. The van der Waals surface area contributed by atoms with E-state index >= 15 is 0 Å². The number of amides is 1. The van der Waals surface area contributed by atoms with E-state index in [1.807, 2.05) is 30.3 Å². The van der Waals surface area contributed by atoms with E-state index < -0.39 is 0 Å². The third-order valence-corrected chi connectivity index (χ3v) is 5.17. The summed E-state index contributed by atoms with van der Waals surface area (Å²) in [6.45, 7) is 1.17. The van der Waals surface area contributed by atoms with E-state index in [4.69, 9.17) is 14.0 Å². The zero-order chi connectivity index (χ0) is 20.2. The first kappa shape index (κ1) is 19.0. The van der Waals surface area contributed by atoms with Gasteiger partial charge in [-0.15, -0.1) is 0 Å². The maximum Gasteiger partial charge on any atom is 0.261 e. The van der Waals surface area contributed by atoms with Gasteiger partial charge in [0.05, 0.1) is 20.1 Å². The Kier molecular flexibility index (Phi) is 5.46. The molecule has 1 unspecified atom stereocenters. The van der Waals surface area contributed by atoms with Gasteiger partial charge in [0.1, 0.15) is 17.1 Å². The summed E-state index contributed by atoms with van der Waals surface area (Å²) in [6.07, 6.45) is 1.75. The summed E-state index contributed by atoms with van der Waals surface area (Å²) in [5, 5.41) is 4.11. The molecule has 0 bridgehead atoms. The minimum atomic E-state index is -0.119. The standard InChI is InChI=1S/C22H23N3O4/c1-27-17-11-6-12-18(28-2)19(17)22(26)25-13-7-10-16(14-25)21-23-20(24-29-21)15-8-4-3-5-9-15/h3-6,8-9,11-12,16H,7,10,13-14H2,1-2H3. The summed E-state index contributed by atoms with van der Waals surface area (Å²) in [5.74, 6) is 2.01. The van der Waals surface area contributed by atoms with Crippen LogP contribution >= 0.6 is 0 Å². The number of hydrogen-bond acceptors (Lipinski definition) is 6. The molecular weight excluding hydrogens is 370 g/mol. The summed E-state index contributed by atoms with van der Waals surface area (Å²) < 4.78 is 16.3. The zero-order valence-corrected chi connectivity index (χ0v) is 16.5. The van der Waals surface area contributed by atoms with Crippen LogP contribution < -0.4 is 9.47 Å². The molecule has 1 amide bonds. The number of hydrogen-bond donors (Lipinski definition) is 0. The van der Waals surface area contributed by atoms with E-state index in [0.29, 0.717) is 41.9 Å². The molecule has 1 aliphatic heterocycles. The molecule has 1 saturated heterocycles. The molecule has 3 aromatic rings. The predicted octanol–water partition coefficient (Wildman–Crippen LogP) is 3.77. The van der Waals surface area contributed by atoms with E-state index in [9.17, 15) is 4.79 Å². The average Bonchev–Trinajstić information content (AvgIpc) is 3.29. The highest BCUT2D eigenvalue weighted by Crippen LogP contribution is 2.33. The van der Waals surface area contributed by atoms with Gasteiger partial charge in [-0.05, 0) is 25.0 Å².